The summed E-state index contributed by atoms with van der Waals surface area (Å²) < 4.78 is 6.68. The van der Waals surface area contributed by atoms with Gasteiger partial charge in [0.2, 0.25) is 5.91 Å². The third-order valence-corrected chi connectivity index (χ3v) is 7.15. The van der Waals surface area contributed by atoms with Gasteiger partial charge in [-0.05, 0) is 77.2 Å². The van der Waals surface area contributed by atoms with E-state index in [9.17, 15) is 9.59 Å². The van der Waals surface area contributed by atoms with Crippen LogP contribution < -0.4 is 10.1 Å². The smallest absolute Gasteiger partial charge is 0.261 e. The molecule has 37 heavy (non-hydrogen) atoms. The van der Waals surface area contributed by atoms with Crippen LogP contribution in [0.1, 0.15) is 37.5 Å². The minimum Gasteiger partial charge on any atom is -0.483 e. The number of carbonyl (C=O) groups excluding carboxylic acids is 2. The van der Waals surface area contributed by atoms with Gasteiger partial charge in [-0.2, -0.15) is 0 Å². The normalized spacial score (nSPS) is 11.8. The molecule has 0 bridgehead atoms. The summed E-state index contributed by atoms with van der Waals surface area (Å²) in [5.41, 5.74) is 2.85. The summed E-state index contributed by atoms with van der Waals surface area (Å²) in [5, 5.41) is 3.78. The van der Waals surface area contributed by atoms with Crippen LogP contribution in [0.4, 0.5) is 0 Å². The average molecular weight is 606 g/mol. The summed E-state index contributed by atoms with van der Waals surface area (Å²) >= 11 is 15.9. The summed E-state index contributed by atoms with van der Waals surface area (Å²) in [6, 6.07) is 19.8. The number of halogens is 3. The Morgan fingerprint density at radius 2 is 1.65 bits per heavy atom. The van der Waals surface area contributed by atoms with Gasteiger partial charge in [0, 0.05) is 19.0 Å². The topological polar surface area (TPSA) is 58.6 Å². The number of ether oxygens (including phenoxy) is 1. The van der Waals surface area contributed by atoms with Gasteiger partial charge < -0.3 is 15.0 Å². The number of hydrogen-bond donors (Lipinski definition) is 1. The molecular formula is C29H31BrCl2N2O3. The Kier molecular flexibility index (Phi) is 10.9. The second-order valence-electron chi connectivity index (χ2n) is 9.05. The van der Waals surface area contributed by atoms with E-state index in [0.29, 0.717) is 22.2 Å². The van der Waals surface area contributed by atoms with Crippen LogP contribution in [0.25, 0.3) is 0 Å². The van der Waals surface area contributed by atoms with Gasteiger partial charge in [-0.1, -0.05) is 72.6 Å². The van der Waals surface area contributed by atoms with Crippen molar-refractivity contribution in [2.75, 3.05) is 6.61 Å². The lowest BCUT2D eigenvalue weighted by Gasteiger charge is -2.32. The molecule has 0 unspecified atom stereocenters. The molecule has 2 amide bonds. The van der Waals surface area contributed by atoms with Crippen molar-refractivity contribution in [3.05, 3.63) is 97.9 Å². The number of aryl methyl sites for hydroxylation is 1. The maximum atomic E-state index is 13.7. The summed E-state index contributed by atoms with van der Waals surface area (Å²) in [5.74, 6) is 0.00407. The minimum atomic E-state index is -0.763. The monoisotopic (exact) mass is 604 g/mol. The van der Waals surface area contributed by atoms with E-state index in [1.165, 1.54) is 0 Å². The average Bonchev–Trinajstić information content (AvgIpc) is 2.87. The molecular weight excluding hydrogens is 575 g/mol. The molecule has 1 atom stereocenters. The molecule has 0 fully saturated rings. The van der Waals surface area contributed by atoms with E-state index in [1.54, 1.807) is 23.1 Å². The fourth-order valence-corrected chi connectivity index (χ4v) is 4.73. The van der Waals surface area contributed by atoms with Crippen LogP contribution in [0, 0.1) is 0 Å². The number of benzene rings is 3. The van der Waals surface area contributed by atoms with Crippen LogP contribution in [0.2, 0.25) is 10.0 Å². The molecule has 3 aromatic carbocycles. The van der Waals surface area contributed by atoms with E-state index in [2.05, 4.69) is 28.2 Å². The number of nitrogens with one attached hydrogen (secondary N) is 1. The molecule has 5 nitrogen and oxygen atoms in total. The maximum Gasteiger partial charge on any atom is 0.261 e. The van der Waals surface area contributed by atoms with Crippen molar-refractivity contribution < 1.29 is 14.3 Å². The third-order valence-electron chi connectivity index (χ3n) is 5.79. The summed E-state index contributed by atoms with van der Waals surface area (Å²) in [6.45, 7) is 5.79. The van der Waals surface area contributed by atoms with Gasteiger partial charge in [-0.3, -0.25) is 9.59 Å². The van der Waals surface area contributed by atoms with Gasteiger partial charge in [0.25, 0.3) is 5.91 Å². The zero-order valence-corrected chi connectivity index (χ0v) is 24.2. The van der Waals surface area contributed by atoms with Crippen LogP contribution >= 0.6 is 39.1 Å². The van der Waals surface area contributed by atoms with E-state index < -0.39 is 6.04 Å². The maximum absolute atomic E-state index is 13.7. The number of nitrogens with zero attached hydrogens (tertiary/aromatic N) is 1. The lowest BCUT2D eigenvalue weighted by molar-refractivity contribution is -0.143. The molecule has 0 radical (unpaired) electrons. The first-order chi connectivity index (χ1) is 17.7. The molecule has 0 saturated heterocycles. The highest BCUT2D eigenvalue weighted by Crippen LogP contribution is 2.27. The minimum absolute atomic E-state index is 0.0861. The zero-order chi connectivity index (χ0) is 26.9. The van der Waals surface area contributed by atoms with E-state index >= 15 is 0 Å². The molecule has 0 aromatic heterocycles. The highest BCUT2D eigenvalue weighted by atomic mass is 79.9. The second-order valence-corrected chi connectivity index (χ2v) is 10.7. The number of carbonyl (C=O) groups is 2. The van der Waals surface area contributed by atoms with Crippen molar-refractivity contribution in [3.8, 4) is 5.75 Å². The SMILES string of the molecule is CCc1ccc(OCC(=O)N(Cc2ccc(Cl)c(Cl)c2)[C@H](Cc2ccccc2)C(=O)NC(C)C)c(Br)c1. The highest BCUT2D eigenvalue weighted by molar-refractivity contribution is 9.10. The van der Waals surface area contributed by atoms with Crippen molar-refractivity contribution in [1.29, 1.82) is 0 Å². The Morgan fingerprint density at radius 3 is 2.27 bits per heavy atom. The quantitative estimate of drug-likeness (QED) is 0.260. The number of rotatable bonds is 11. The Morgan fingerprint density at radius 1 is 0.946 bits per heavy atom. The molecule has 8 heteroatoms. The fourth-order valence-electron chi connectivity index (χ4n) is 3.87. The molecule has 3 rings (SSSR count). The van der Waals surface area contributed by atoms with E-state index in [1.807, 2.05) is 62.4 Å². The Balaban J connectivity index is 1.93. The lowest BCUT2D eigenvalue weighted by atomic mass is 10.0. The first-order valence-corrected chi connectivity index (χ1v) is 13.7. The predicted octanol–water partition coefficient (Wildman–Crippen LogP) is 6.86. The Labute approximate surface area is 237 Å². The third kappa shape index (κ3) is 8.49. The van der Waals surface area contributed by atoms with Crippen molar-refractivity contribution in [2.45, 2.75) is 52.2 Å². The van der Waals surface area contributed by atoms with Gasteiger partial charge in [0.15, 0.2) is 6.61 Å². The molecule has 0 aliphatic heterocycles. The van der Waals surface area contributed by atoms with Crippen molar-refractivity contribution in [2.24, 2.45) is 0 Å². The standard InChI is InChI=1S/C29H31BrCl2N2O3/c1-4-20-11-13-27(23(30)14-20)37-18-28(35)34(17-22-10-12-24(31)25(32)15-22)26(29(36)33-19(2)3)16-21-8-6-5-7-9-21/h5-15,19,26H,4,16-18H2,1-3H3,(H,33,36)/t26-/m1/s1. The van der Waals surface area contributed by atoms with Crippen molar-refractivity contribution in [3.63, 3.8) is 0 Å². The highest BCUT2D eigenvalue weighted by Gasteiger charge is 2.31. The molecule has 0 saturated carbocycles. The van der Waals surface area contributed by atoms with Crippen LogP contribution in [0.5, 0.6) is 5.75 Å². The van der Waals surface area contributed by atoms with Crippen LogP contribution in [-0.4, -0.2) is 35.4 Å². The van der Waals surface area contributed by atoms with E-state index in [0.717, 1.165) is 27.6 Å². The van der Waals surface area contributed by atoms with Gasteiger partial charge in [0.05, 0.1) is 14.5 Å². The van der Waals surface area contributed by atoms with Crippen LogP contribution in [0.15, 0.2) is 71.2 Å². The van der Waals surface area contributed by atoms with Gasteiger partial charge in [-0.15, -0.1) is 0 Å². The summed E-state index contributed by atoms with van der Waals surface area (Å²) in [4.78, 5) is 28.6. The summed E-state index contributed by atoms with van der Waals surface area (Å²) in [7, 11) is 0. The fraction of sp³-hybridized carbons (Fsp3) is 0.310. The predicted molar refractivity (Wildman–Crippen MR) is 153 cm³/mol. The van der Waals surface area contributed by atoms with Crippen LogP contribution in [-0.2, 0) is 29.0 Å². The molecule has 3 aromatic rings. The lowest BCUT2D eigenvalue weighted by Crippen LogP contribution is -2.52. The van der Waals surface area contributed by atoms with Crippen molar-refractivity contribution in [1.82, 2.24) is 10.2 Å². The van der Waals surface area contributed by atoms with Gasteiger partial charge >= 0.3 is 0 Å². The largest absolute Gasteiger partial charge is 0.483 e. The Bertz CT molecular complexity index is 1220. The number of hydrogen-bond acceptors (Lipinski definition) is 3. The van der Waals surface area contributed by atoms with Gasteiger partial charge in [-0.25, -0.2) is 0 Å². The Hall–Kier alpha value is -2.54. The second kappa shape index (κ2) is 13.8. The number of amides is 2. The first-order valence-electron chi connectivity index (χ1n) is 12.2. The van der Waals surface area contributed by atoms with Gasteiger partial charge in [0.1, 0.15) is 11.8 Å². The molecule has 0 aliphatic carbocycles. The summed E-state index contributed by atoms with van der Waals surface area (Å²) in [6.07, 6.45) is 1.24. The molecule has 0 heterocycles. The van der Waals surface area contributed by atoms with Crippen LogP contribution in [0.3, 0.4) is 0 Å². The van der Waals surface area contributed by atoms with E-state index in [4.69, 9.17) is 27.9 Å². The van der Waals surface area contributed by atoms with Crippen molar-refractivity contribution >= 4 is 50.9 Å². The zero-order valence-electron chi connectivity index (χ0n) is 21.1. The molecule has 1 N–H and O–H groups in total. The molecule has 0 spiro atoms. The first kappa shape index (κ1) is 29.0. The molecule has 196 valence electrons. The molecule has 0 aliphatic rings. The van der Waals surface area contributed by atoms with E-state index in [-0.39, 0.29) is 31.0 Å².